The molecule has 0 rings (SSSR count). The third kappa shape index (κ3) is 8.55. The molecule has 0 radical (unpaired) electrons. The van der Waals surface area contributed by atoms with Crippen LogP contribution in [0, 0.1) is 5.41 Å². The lowest BCUT2D eigenvalue weighted by Crippen LogP contribution is -2.48. The number of hydrogen-bond donors (Lipinski definition) is 0. The lowest BCUT2D eigenvalue weighted by Gasteiger charge is -2.40. The summed E-state index contributed by atoms with van der Waals surface area (Å²) >= 11 is 0. The summed E-state index contributed by atoms with van der Waals surface area (Å²) in [7, 11) is 3.39. The largest absolute Gasteiger partial charge is 0.431 e. The molecule has 0 amide bonds. The highest BCUT2D eigenvalue weighted by Gasteiger charge is 2.37. The third-order valence-electron chi connectivity index (χ3n) is 5.47. The third-order valence-corrected chi connectivity index (χ3v) is 5.47. The van der Waals surface area contributed by atoms with Crippen LogP contribution in [0.2, 0.25) is 13.1 Å². The van der Waals surface area contributed by atoms with Gasteiger partial charge in [0.2, 0.25) is 0 Å². The predicted molar refractivity (Wildman–Crippen MR) is 104 cm³/mol. The van der Waals surface area contributed by atoms with E-state index in [0.717, 1.165) is 6.32 Å². The van der Waals surface area contributed by atoms with Crippen molar-refractivity contribution in [3.05, 3.63) is 0 Å². The molecule has 0 aliphatic heterocycles. The minimum absolute atomic E-state index is 0.0401. The molecule has 0 aliphatic carbocycles. The van der Waals surface area contributed by atoms with Gasteiger partial charge < -0.3 is 14.1 Å². The second-order valence-corrected chi connectivity index (χ2v) is 8.91. The molecule has 0 N–H and O–H groups in total. The average molecular weight is 330 g/mol. The van der Waals surface area contributed by atoms with Crippen LogP contribution in [0.25, 0.3) is 0 Å². The minimum atomic E-state index is -0.234. The molecular weight excluding hydrogens is 287 g/mol. The maximum absolute atomic E-state index is 6.04. The molecule has 4 heteroatoms. The zero-order chi connectivity index (χ0) is 19.1. The van der Waals surface area contributed by atoms with Crippen LogP contribution < -0.4 is 0 Å². The van der Waals surface area contributed by atoms with E-state index in [9.17, 15) is 0 Å². The Hall–Kier alpha value is -0.0551. The van der Waals surface area contributed by atoms with Crippen molar-refractivity contribution in [1.82, 2.24) is 0 Å². The number of rotatable bonds is 7. The summed E-state index contributed by atoms with van der Waals surface area (Å²) in [5.41, 5.74) is -0.305. The van der Waals surface area contributed by atoms with Crippen LogP contribution in [0.5, 0.6) is 0 Å². The molecule has 140 valence electrons. The van der Waals surface area contributed by atoms with E-state index in [2.05, 4.69) is 48.4 Å². The second-order valence-electron chi connectivity index (χ2n) is 8.91. The standard InChI is InChI=1S/C11H25BO.C8H18O2/c1-8-9-12(7)13-11(5,6)10(2,3)4;1-7(2,9-5)8(3,4)10-6/h8-9H2,1-7H3;1-6H3. The molecule has 0 heterocycles. The molecule has 0 fully saturated rings. The Balaban J connectivity index is 0. The Morgan fingerprint density at radius 3 is 1.26 bits per heavy atom. The Labute approximate surface area is 147 Å². The summed E-state index contributed by atoms with van der Waals surface area (Å²) < 4.78 is 16.6. The molecular formula is C19H43BO3. The van der Waals surface area contributed by atoms with Crippen molar-refractivity contribution in [3.63, 3.8) is 0 Å². The predicted octanol–water partition coefficient (Wildman–Crippen LogP) is 5.70. The van der Waals surface area contributed by atoms with Crippen molar-refractivity contribution < 1.29 is 14.1 Å². The lowest BCUT2D eigenvalue weighted by molar-refractivity contribution is -0.147. The van der Waals surface area contributed by atoms with E-state index in [4.69, 9.17) is 14.1 Å². The Morgan fingerprint density at radius 1 is 0.696 bits per heavy atom. The van der Waals surface area contributed by atoms with E-state index in [1.165, 1.54) is 6.42 Å². The van der Waals surface area contributed by atoms with Crippen molar-refractivity contribution in [2.24, 2.45) is 5.41 Å². The summed E-state index contributed by atoms with van der Waals surface area (Å²) in [5.74, 6) is 0. The van der Waals surface area contributed by atoms with E-state index < -0.39 is 0 Å². The molecule has 0 bridgehead atoms. The minimum Gasteiger partial charge on any atom is -0.431 e. The van der Waals surface area contributed by atoms with Crippen molar-refractivity contribution in [1.29, 1.82) is 0 Å². The molecule has 0 aromatic carbocycles. The zero-order valence-corrected chi connectivity index (χ0v) is 18.2. The van der Waals surface area contributed by atoms with Crippen molar-refractivity contribution in [3.8, 4) is 0 Å². The molecule has 0 saturated heterocycles. The summed E-state index contributed by atoms with van der Waals surface area (Å²) in [5, 5.41) is 0. The molecule has 0 atom stereocenters. The van der Waals surface area contributed by atoms with Gasteiger partial charge in [0.1, 0.15) is 0 Å². The van der Waals surface area contributed by atoms with Crippen molar-refractivity contribution >= 4 is 6.92 Å². The Morgan fingerprint density at radius 2 is 1.04 bits per heavy atom. The fourth-order valence-corrected chi connectivity index (χ4v) is 1.64. The van der Waals surface area contributed by atoms with E-state index in [-0.39, 0.29) is 22.2 Å². The van der Waals surface area contributed by atoms with Gasteiger partial charge in [-0.05, 0) is 53.3 Å². The normalized spacial score (nSPS) is 13.4. The van der Waals surface area contributed by atoms with Crippen LogP contribution in [0.4, 0.5) is 0 Å². The van der Waals surface area contributed by atoms with E-state index >= 15 is 0 Å². The van der Waals surface area contributed by atoms with Gasteiger partial charge in [0.25, 0.3) is 6.92 Å². The van der Waals surface area contributed by atoms with E-state index in [1.54, 1.807) is 14.2 Å². The van der Waals surface area contributed by atoms with E-state index in [1.807, 2.05) is 27.7 Å². The van der Waals surface area contributed by atoms with Gasteiger partial charge in [-0.15, -0.1) is 0 Å². The number of hydrogen-bond acceptors (Lipinski definition) is 3. The molecule has 23 heavy (non-hydrogen) atoms. The average Bonchev–Trinajstić information content (AvgIpc) is 2.37. The first kappa shape index (κ1) is 25.2. The summed E-state index contributed by atoms with van der Waals surface area (Å²) in [6.07, 6.45) is 2.35. The number of ether oxygens (including phenoxy) is 2. The summed E-state index contributed by atoms with van der Waals surface area (Å²) in [4.78, 5) is 0. The van der Waals surface area contributed by atoms with Gasteiger partial charge in [0.15, 0.2) is 0 Å². The highest BCUT2D eigenvalue weighted by Crippen LogP contribution is 2.33. The van der Waals surface area contributed by atoms with Gasteiger partial charge in [-0.3, -0.25) is 0 Å². The van der Waals surface area contributed by atoms with Crippen LogP contribution in [0.3, 0.4) is 0 Å². The van der Waals surface area contributed by atoms with E-state index in [0.29, 0.717) is 6.92 Å². The molecule has 0 unspecified atom stereocenters. The van der Waals surface area contributed by atoms with Crippen molar-refractivity contribution in [2.75, 3.05) is 14.2 Å². The maximum Gasteiger partial charge on any atom is 0.290 e. The molecule has 0 aromatic heterocycles. The monoisotopic (exact) mass is 330 g/mol. The fourth-order valence-electron chi connectivity index (χ4n) is 1.64. The molecule has 0 aromatic rings. The summed E-state index contributed by atoms with van der Waals surface area (Å²) in [6, 6.07) is 0. The summed E-state index contributed by atoms with van der Waals surface area (Å²) in [6.45, 7) is 23.8. The second kappa shape index (κ2) is 9.43. The van der Waals surface area contributed by atoms with Gasteiger partial charge in [-0.25, -0.2) is 0 Å². The number of methoxy groups -OCH3 is 2. The first-order valence-electron chi connectivity index (χ1n) is 8.86. The lowest BCUT2D eigenvalue weighted by atomic mass is 9.64. The van der Waals surface area contributed by atoms with Gasteiger partial charge in [-0.1, -0.05) is 40.9 Å². The van der Waals surface area contributed by atoms with Gasteiger partial charge >= 0.3 is 0 Å². The van der Waals surface area contributed by atoms with Crippen molar-refractivity contribution in [2.45, 2.75) is 106 Å². The SMILES string of the molecule is CCCB(C)OC(C)(C)C(C)(C)C.COC(C)(C)C(C)(C)OC. The highest BCUT2D eigenvalue weighted by atomic mass is 16.5. The first-order valence-corrected chi connectivity index (χ1v) is 8.86. The van der Waals surface area contributed by atoms with Crippen LogP contribution >= 0.6 is 0 Å². The van der Waals surface area contributed by atoms with Gasteiger partial charge in [-0.2, -0.15) is 0 Å². The Kier molecular flexibility index (Phi) is 10.3. The molecule has 0 spiro atoms. The van der Waals surface area contributed by atoms with Gasteiger partial charge in [0, 0.05) is 14.2 Å². The topological polar surface area (TPSA) is 27.7 Å². The zero-order valence-electron chi connectivity index (χ0n) is 18.2. The smallest absolute Gasteiger partial charge is 0.290 e. The molecule has 0 aliphatic rings. The maximum atomic E-state index is 6.04. The van der Waals surface area contributed by atoms with Crippen LogP contribution in [0.15, 0.2) is 0 Å². The van der Waals surface area contributed by atoms with Crippen LogP contribution in [-0.4, -0.2) is 37.9 Å². The first-order chi connectivity index (χ1) is 10.1. The highest BCUT2D eigenvalue weighted by molar-refractivity contribution is 6.50. The van der Waals surface area contributed by atoms with Crippen LogP contribution in [0.1, 0.15) is 75.7 Å². The quantitative estimate of drug-likeness (QED) is 0.561. The van der Waals surface area contributed by atoms with Gasteiger partial charge in [0.05, 0.1) is 16.8 Å². The fraction of sp³-hybridized carbons (Fsp3) is 1.00. The molecule has 0 saturated carbocycles. The van der Waals surface area contributed by atoms with Crippen LogP contribution in [-0.2, 0) is 14.1 Å². The molecule has 3 nitrogen and oxygen atoms in total. The Bertz CT molecular complexity index is 303.